The van der Waals surface area contributed by atoms with Crippen molar-refractivity contribution in [2.75, 3.05) is 0 Å². The van der Waals surface area contributed by atoms with E-state index >= 15 is 0 Å². The highest BCUT2D eigenvalue weighted by Gasteiger charge is 2.24. The van der Waals surface area contributed by atoms with Gasteiger partial charge in [0, 0.05) is 5.56 Å². The average molecular weight is 237 g/mol. The molecule has 0 heterocycles. The second-order valence-electron chi connectivity index (χ2n) is 2.70. The number of halogens is 3. The number of rotatable bonds is 2. The zero-order chi connectivity index (χ0) is 9.90. The third kappa shape index (κ3) is 3.05. The predicted molar refractivity (Wildman–Crippen MR) is 59.4 cm³/mol. The van der Waals surface area contributed by atoms with Crippen molar-refractivity contribution in [1.29, 1.82) is 0 Å². The van der Waals surface area contributed by atoms with E-state index in [0.29, 0.717) is 0 Å². The molecule has 0 spiro atoms. The summed E-state index contributed by atoms with van der Waals surface area (Å²) in [5.41, 5.74) is 1.73. The lowest BCUT2D eigenvalue weighted by Crippen LogP contribution is -2.03. The van der Waals surface area contributed by atoms with Gasteiger partial charge in [0.2, 0.25) is 3.79 Å². The van der Waals surface area contributed by atoms with Crippen molar-refractivity contribution in [1.82, 2.24) is 0 Å². The van der Waals surface area contributed by atoms with E-state index < -0.39 is 3.79 Å². The molecule has 0 aliphatic carbocycles. The van der Waals surface area contributed by atoms with E-state index in [2.05, 4.69) is 6.92 Å². The molecule has 1 aromatic carbocycles. The minimum atomic E-state index is -1.33. The molecule has 71 valence electrons. The van der Waals surface area contributed by atoms with Gasteiger partial charge in [0.05, 0.1) is 0 Å². The fourth-order valence-corrected chi connectivity index (χ4v) is 1.67. The Balaban J connectivity index is 3.05. The van der Waals surface area contributed by atoms with Crippen LogP contribution in [-0.2, 0) is 3.79 Å². The molecule has 0 bridgehead atoms. The Kier molecular flexibility index (Phi) is 3.90. The highest BCUT2D eigenvalue weighted by Crippen LogP contribution is 2.40. The maximum atomic E-state index is 5.81. The normalized spacial score (nSPS) is 11.7. The maximum absolute atomic E-state index is 5.81. The molecule has 3 heteroatoms. The van der Waals surface area contributed by atoms with Crippen molar-refractivity contribution < 1.29 is 0 Å². The third-order valence-corrected chi connectivity index (χ3v) is 2.30. The molecule has 0 aliphatic heterocycles. The van der Waals surface area contributed by atoms with Gasteiger partial charge in [-0.05, 0) is 18.4 Å². The Morgan fingerprint density at radius 2 is 1.85 bits per heavy atom. The highest BCUT2D eigenvalue weighted by molar-refractivity contribution is 6.66. The Hall–Kier alpha value is 0.0900. The Bertz CT molecular complexity index is 276. The van der Waals surface area contributed by atoms with E-state index in [4.69, 9.17) is 34.8 Å². The average Bonchev–Trinajstić information content (AvgIpc) is 2.04. The van der Waals surface area contributed by atoms with Gasteiger partial charge in [-0.3, -0.25) is 0 Å². The Labute approximate surface area is 93.8 Å². The van der Waals surface area contributed by atoms with Crippen LogP contribution in [0.25, 0.3) is 0 Å². The van der Waals surface area contributed by atoms with Crippen LogP contribution in [0.4, 0.5) is 0 Å². The summed E-state index contributed by atoms with van der Waals surface area (Å²) < 4.78 is -1.33. The maximum Gasteiger partial charge on any atom is 0.216 e. The van der Waals surface area contributed by atoms with Gasteiger partial charge in [0.15, 0.2) is 0 Å². The summed E-state index contributed by atoms with van der Waals surface area (Å²) in [7, 11) is 0. The molecule has 0 saturated carbocycles. The van der Waals surface area contributed by atoms with Crippen LogP contribution >= 0.6 is 34.8 Å². The topological polar surface area (TPSA) is 0 Å². The Morgan fingerprint density at radius 3 is 2.38 bits per heavy atom. The standard InChI is InChI=1S/C10H10Cl3/c1-2-5-8-6-3-4-7-9(8)10(11,12)13/h3-7H,2H2,1H3. The monoisotopic (exact) mass is 235 g/mol. The van der Waals surface area contributed by atoms with Crippen LogP contribution in [0.5, 0.6) is 0 Å². The third-order valence-electron chi connectivity index (χ3n) is 1.69. The van der Waals surface area contributed by atoms with Crippen LogP contribution in [0, 0.1) is 6.42 Å². The first kappa shape index (κ1) is 11.2. The van der Waals surface area contributed by atoms with Gasteiger partial charge in [0.25, 0.3) is 0 Å². The van der Waals surface area contributed by atoms with Gasteiger partial charge in [-0.2, -0.15) is 0 Å². The number of hydrogen-bond donors (Lipinski definition) is 0. The van der Waals surface area contributed by atoms with E-state index in [1.165, 1.54) is 0 Å². The van der Waals surface area contributed by atoms with E-state index in [1.54, 1.807) is 0 Å². The van der Waals surface area contributed by atoms with Crippen molar-refractivity contribution in [3.8, 4) is 0 Å². The highest BCUT2D eigenvalue weighted by atomic mass is 35.6. The van der Waals surface area contributed by atoms with Crippen LogP contribution in [0.15, 0.2) is 24.3 Å². The smallest absolute Gasteiger partial charge is 0.0784 e. The summed E-state index contributed by atoms with van der Waals surface area (Å²) in [6.07, 6.45) is 2.97. The lowest BCUT2D eigenvalue weighted by atomic mass is 10.0. The molecule has 0 N–H and O–H groups in total. The summed E-state index contributed by atoms with van der Waals surface area (Å²) >= 11 is 17.4. The van der Waals surface area contributed by atoms with Crippen molar-refractivity contribution >= 4 is 34.8 Å². The zero-order valence-corrected chi connectivity index (χ0v) is 9.50. The Morgan fingerprint density at radius 1 is 1.23 bits per heavy atom. The van der Waals surface area contributed by atoms with Crippen LogP contribution in [-0.4, -0.2) is 0 Å². The van der Waals surface area contributed by atoms with E-state index in [9.17, 15) is 0 Å². The van der Waals surface area contributed by atoms with Crippen molar-refractivity contribution in [3.63, 3.8) is 0 Å². The van der Waals surface area contributed by atoms with Gasteiger partial charge in [-0.15, -0.1) is 0 Å². The molecular weight excluding hydrogens is 226 g/mol. The lowest BCUT2D eigenvalue weighted by molar-refractivity contribution is 1.08. The minimum absolute atomic E-state index is 0.738. The van der Waals surface area contributed by atoms with E-state index in [1.807, 2.05) is 30.7 Å². The molecule has 0 nitrogen and oxygen atoms in total. The summed E-state index contributed by atoms with van der Waals surface area (Å²) in [4.78, 5) is 0. The number of alkyl halides is 3. The molecule has 13 heavy (non-hydrogen) atoms. The molecule has 0 unspecified atom stereocenters. The predicted octanol–water partition coefficient (Wildman–Crippen LogP) is 4.48. The first-order chi connectivity index (χ1) is 6.05. The van der Waals surface area contributed by atoms with Gasteiger partial charge in [-0.25, -0.2) is 0 Å². The number of hydrogen-bond acceptors (Lipinski definition) is 0. The minimum Gasteiger partial charge on any atom is -0.0784 e. The molecule has 1 aromatic rings. The molecular formula is C10H10Cl3. The second-order valence-corrected chi connectivity index (χ2v) is 4.98. The molecule has 1 radical (unpaired) electrons. The summed E-state index contributed by atoms with van der Waals surface area (Å²) in [5.74, 6) is 0. The lowest BCUT2D eigenvalue weighted by Gasteiger charge is -2.15. The first-order valence-electron chi connectivity index (χ1n) is 4.05. The van der Waals surface area contributed by atoms with E-state index in [0.717, 1.165) is 17.5 Å². The molecule has 0 fully saturated rings. The van der Waals surface area contributed by atoms with Crippen molar-refractivity contribution in [2.24, 2.45) is 0 Å². The van der Waals surface area contributed by atoms with Crippen LogP contribution < -0.4 is 0 Å². The SMILES string of the molecule is CC[CH]c1ccccc1C(Cl)(Cl)Cl. The van der Waals surface area contributed by atoms with Crippen molar-refractivity contribution in [3.05, 3.63) is 41.8 Å². The van der Waals surface area contributed by atoms with Crippen LogP contribution in [0.2, 0.25) is 0 Å². The quantitative estimate of drug-likeness (QED) is 0.665. The van der Waals surface area contributed by atoms with Crippen LogP contribution in [0.3, 0.4) is 0 Å². The van der Waals surface area contributed by atoms with Crippen LogP contribution in [0.1, 0.15) is 24.5 Å². The molecule has 0 aromatic heterocycles. The van der Waals surface area contributed by atoms with Gasteiger partial charge >= 0.3 is 0 Å². The fraction of sp³-hybridized carbons (Fsp3) is 0.300. The number of benzene rings is 1. The van der Waals surface area contributed by atoms with Gasteiger partial charge in [0.1, 0.15) is 0 Å². The molecule has 0 amide bonds. The summed E-state index contributed by atoms with van der Waals surface area (Å²) in [6.45, 7) is 2.05. The van der Waals surface area contributed by atoms with E-state index in [-0.39, 0.29) is 0 Å². The molecule has 0 saturated heterocycles. The largest absolute Gasteiger partial charge is 0.216 e. The first-order valence-corrected chi connectivity index (χ1v) is 5.18. The van der Waals surface area contributed by atoms with Crippen molar-refractivity contribution in [2.45, 2.75) is 17.1 Å². The second kappa shape index (κ2) is 4.54. The summed E-state index contributed by atoms with van der Waals surface area (Å²) in [5, 5.41) is 0. The zero-order valence-electron chi connectivity index (χ0n) is 7.23. The summed E-state index contributed by atoms with van der Waals surface area (Å²) in [6, 6.07) is 7.57. The molecule has 1 rings (SSSR count). The molecule has 0 aliphatic rings. The fourth-order valence-electron chi connectivity index (χ4n) is 1.15. The van der Waals surface area contributed by atoms with Gasteiger partial charge in [-0.1, -0.05) is 66.0 Å². The van der Waals surface area contributed by atoms with Gasteiger partial charge < -0.3 is 0 Å². The molecule has 0 atom stereocenters.